The van der Waals surface area contributed by atoms with E-state index in [1.165, 1.54) is 0 Å². The molecule has 15 heavy (non-hydrogen) atoms. The number of nitrogens with two attached hydrogens (primary N) is 1. The van der Waals surface area contributed by atoms with Gasteiger partial charge in [-0.2, -0.15) is 4.98 Å². The van der Waals surface area contributed by atoms with E-state index in [-0.39, 0.29) is 17.3 Å². The second kappa shape index (κ2) is 2.30. The summed E-state index contributed by atoms with van der Waals surface area (Å²) >= 11 is 0. The van der Waals surface area contributed by atoms with Gasteiger partial charge in [0.25, 0.3) is 0 Å². The number of nitrogen functional groups attached to an aromatic ring is 1. The van der Waals surface area contributed by atoms with E-state index in [4.69, 9.17) is 10.3 Å². The van der Waals surface area contributed by atoms with Gasteiger partial charge in [-0.25, -0.2) is 18.6 Å². The standard InChI is InChI=1S/C6H6N3O5P/c1-2-8-4(7)3-5(9-2)12-15(11)13-6(3,10)14-15/h10H,1H3,(H2,7,8,9). The number of aliphatic hydroxyl groups is 1. The third-order valence-electron chi connectivity index (χ3n) is 2.00. The molecule has 1 aromatic rings. The molecule has 4 rings (SSSR count). The average Bonchev–Trinajstić information content (AvgIpc) is 1.96. The van der Waals surface area contributed by atoms with Crippen LogP contribution in [0, 0.1) is 6.92 Å². The quantitative estimate of drug-likeness (QED) is 0.600. The number of rotatable bonds is 0. The summed E-state index contributed by atoms with van der Waals surface area (Å²) in [5.74, 6) is -1.90. The number of phosphoric ester groups is 1. The molecule has 0 aliphatic carbocycles. The summed E-state index contributed by atoms with van der Waals surface area (Å²) in [5.41, 5.74) is 5.49. The highest BCUT2D eigenvalue weighted by molar-refractivity contribution is 7.50. The van der Waals surface area contributed by atoms with Gasteiger partial charge in [-0.15, -0.1) is 0 Å². The minimum absolute atomic E-state index is 0.0362. The summed E-state index contributed by atoms with van der Waals surface area (Å²) in [5, 5.41) is 9.67. The van der Waals surface area contributed by atoms with E-state index in [2.05, 4.69) is 19.0 Å². The molecular formula is C6H6N3O5P. The van der Waals surface area contributed by atoms with Gasteiger partial charge in [0.05, 0.1) is 0 Å². The molecule has 0 amide bonds. The molecule has 0 atom stereocenters. The predicted octanol–water partition coefficient (Wildman–Crippen LogP) is 0.0171. The predicted molar refractivity (Wildman–Crippen MR) is 45.5 cm³/mol. The first-order chi connectivity index (χ1) is 6.92. The van der Waals surface area contributed by atoms with Gasteiger partial charge in [0, 0.05) is 0 Å². The third-order valence-corrected chi connectivity index (χ3v) is 3.34. The summed E-state index contributed by atoms with van der Waals surface area (Å²) in [7, 11) is -3.68. The molecule has 0 radical (unpaired) electrons. The van der Waals surface area contributed by atoms with E-state index in [1.54, 1.807) is 6.92 Å². The average molecular weight is 231 g/mol. The van der Waals surface area contributed by atoms with Crippen LogP contribution in [0.5, 0.6) is 5.88 Å². The Kier molecular flexibility index (Phi) is 1.39. The van der Waals surface area contributed by atoms with Gasteiger partial charge in [0.1, 0.15) is 17.2 Å². The van der Waals surface area contributed by atoms with Crippen molar-refractivity contribution in [2.75, 3.05) is 5.73 Å². The highest BCUT2D eigenvalue weighted by Crippen LogP contribution is 2.72. The van der Waals surface area contributed by atoms with Crippen LogP contribution in [-0.2, 0) is 19.6 Å². The first-order valence-electron chi connectivity index (χ1n) is 4.00. The summed E-state index contributed by atoms with van der Waals surface area (Å²) in [6.45, 7) is 1.59. The van der Waals surface area contributed by atoms with Crippen molar-refractivity contribution in [3.8, 4) is 5.88 Å². The highest BCUT2D eigenvalue weighted by Gasteiger charge is 2.66. The summed E-state index contributed by atoms with van der Waals surface area (Å²) in [6.07, 6.45) is 0. The SMILES string of the molecule is Cc1nc(N)c2c(n1)OP1(=O)OC2(O)O1. The summed E-state index contributed by atoms with van der Waals surface area (Å²) < 4.78 is 25.4. The van der Waals surface area contributed by atoms with Crippen LogP contribution in [0.25, 0.3) is 0 Å². The maximum absolute atomic E-state index is 11.4. The first-order valence-corrected chi connectivity index (χ1v) is 5.46. The smallest absolute Gasteiger partial charge is 0.384 e. The van der Waals surface area contributed by atoms with Crippen molar-refractivity contribution in [1.29, 1.82) is 0 Å². The lowest BCUT2D eigenvalue weighted by Gasteiger charge is -2.44. The van der Waals surface area contributed by atoms with Crippen molar-refractivity contribution in [3.05, 3.63) is 11.4 Å². The number of hydrogen-bond donors (Lipinski definition) is 2. The molecule has 0 spiro atoms. The van der Waals surface area contributed by atoms with Crippen LogP contribution in [0.1, 0.15) is 11.4 Å². The molecule has 3 aliphatic heterocycles. The zero-order chi connectivity index (χ0) is 10.8. The summed E-state index contributed by atoms with van der Waals surface area (Å²) in [4.78, 5) is 7.65. The third kappa shape index (κ3) is 1.04. The van der Waals surface area contributed by atoms with Crippen LogP contribution >= 0.6 is 7.82 Å². The maximum atomic E-state index is 11.4. The van der Waals surface area contributed by atoms with Gasteiger partial charge >= 0.3 is 13.8 Å². The fraction of sp³-hybridized carbons (Fsp3) is 0.333. The molecule has 0 saturated carbocycles. The number of phosphoric acid groups is 1. The van der Waals surface area contributed by atoms with Crippen LogP contribution < -0.4 is 10.3 Å². The zero-order valence-electron chi connectivity index (χ0n) is 7.50. The van der Waals surface area contributed by atoms with E-state index >= 15 is 0 Å². The molecule has 0 unspecified atom stereocenters. The van der Waals surface area contributed by atoms with Gasteiger partial charge in [-0.1, -0.05) is 0 Å². The van der Waals surface area contributed by atoms with Gasteiger partial charge in [-0.05, 0) is 6.92 Å². The highest BCUT2D eigenvalue weighted by atomic mass is 31.2. The monoisotopic (exact) mass is 231 g/mol. The lowest BCUT2D eigenvalue weighted by atomic mass is 10.2. The normalized spacial score (nSPS) is 36.4. The second-order valence-electron chi connectivity index (χ2n) is 3.14. The largest absolute Gasteiger partial charge is 0.540 e. The Hall–Kier alpha value is -1.21. The van der Waals surface area contributed by atoms with Crippen LogP contribution in [0.15, 0.2) is 0 Å². The molecule has 80 valence electrons. The Labute approximate surface area is 83.6 Å². The van der Waals surface area contributed by atoms with Crippen LogP contribution in [0.3, 0.4) is 0 Å². The lowest BCUT2D eigenvalue weighted by molar-refractivity contribution is -0.364. The van der Waals surface area contributed by atoms with Crippen molar-refractivity contribution >= 4 is 13.6 Å². The van der Waals surface area contributed by atoms with Gasteiger partial charge in [-0.3, -0.25) is 0 Å². The number of nitrogens with zero attached hydrogens (tertiary/aromatic N) is 2. The molecule has 3 N–H and O–H groups in total. The zero-order valence-corrected chi connectivity index (χ0v) is 8.39. The Balaban J connectivity index is 2.27. The Morgan fingerprint density at radius 2 is 2.13 bits per heavy atom. The topological polar surface area (TPSA) is 117 Å². The second-order valence-corrected chi connectivity index (χ2v) is 4.58. The number of aromatic nitrogens is 2. The molecule has 1 aromatic heterocycles. The minimum atomic E-state index is -3.68. The number of hydrogen-bond acceptors (Lipinski definition) is 8. The fourth-order valence-corrected chi connectivity index (χ4v) is 2.70. The molecule has 3 aliphatic rings. The first kappa shape index (κ1) is 9.05. The van der Waals surface area contributed by atoms with E-state index in [0.29, 0.717) is 5.82 Å². The van der Waals surface area contributed by atoms with Crippen LogP contribution in [0.4, 0.5) is 5.82 Å². The van der Waals surface area contributed by atoms with Gasteiger partial charge in [0.15, 0.2) is 0 Å². The Morgan fingerprint density at radius 3 is 2.80 bits per heavy atom. The van der Waals surface area contributed by atoms with Gasteiger partial charge in [0.2, 0.25) is 5.88 Å². The van der Waals surface area contributed by atoms with E-state index in [1.807, 2.05) is 0 Å². The van der Waals surface area contributed by atoms with Crippen LogP contribution in [-0.4, -0.2) is 15.1 Å². The summed E-state index contributed by atoms with van der Waals surface area (Å²) in [6, 6.07) is 0. The number of aryl methyl sites for hydroxylation is 1. The molecule has 1 saturated heterocycles. The van der Waals surface area contributed by atoms with E-state index in [0.717, 1.165) is 0 Å². The van der Waals surface area contributed by atoms with Crippen LogP contribution in [0.2, 0.25) is 0 Å². The number of anilines is 1. The van der Waals surface area contributed by atoms with Crippen molar-refractivity contribution in [2.24, 2.45) is 0 Å². The lowest BCUT2D eigenvalue weighted by Crippen LogP contribution is -2.46. The molecule has 1 fully saturated rings. The molecule has 4 heterocycles. The van der Waals surface area contributed by atoms with Gasteiger partial charge < -0.3 is 15.4 Å². The Morgan fingerprint density at radius 1 is 1.47 bits per heavy atom. The molecule has 0 aromatic carbocycles. The maximum Gasteiger partial charge on any atom is 0.540 e. The fourth-order valence-electron chi connectivity index (χ4n) is 1.48. The molecule has 8 nitrogen and oxygen atoms in total. The van der Waals surface area contributed by atoms with Crippen molar-refractivity contribution in [2.45, 2.75) is 12.9 Å². The van der Waals surface area contributed by atoms with Crippen molar-refractivity contribution in [3.63, 3.8) is 0 Å². The van der Waals surface area contributed by atoms with E-state index in [9.17, 15) is 9.67 Å². The van der Waals surface area contributed by atoms with E-state index < -0.39 is 13.8 Å². The molecular weight excluding hydrogens is 225 g/mol. The Bertz CT molecular complexity index is 508. The van der Waals surface area contributed by atoms with Crippen molar-refractivity contribution in [1.82, 2.24) is 9.97 Å². The minimum Gasteiger partial charge on any atom is -0.384 e. The van der Waals surface area contributed by atoms with Crippen molar-refractivity contribution < 1.29 is 23.2 Å². The molecule has 9 heteroatoms. The molecule has 2 bridgehead atoms.